The van der Waals surface area contributed by atoms with Crippen molar-refractivity contribution in [3.05, 3.63) is 36.5 Å². The Morgan fingerprint density at radius 2 is 2.20 bits per heavy atom. The van der Waals surface area contributed by atoms with Crippen LogP contribution in [0.2, 0.25) is 0 Å². The number of nitrogens with one attached hydrogen (secondary N) is 2. The lowest BCUT2D eigenvalue weighted by Crippen LogP contribution is -2.19. The highest BCUT2D eigenvalue weighted by Crippen LogP contribution is 2.30. The first-order valence-electron chi connectivity index (χ1n) is 8.28. The number of aromatic nitrogens is 2. The number of hydrogen-bond acceptors (Lipinski definition) is 6. The van der Waals surface area contributed by atoms with E-state index in [9.17, 15) is 4.79 Å². The van der Waals surface area contributed by atoms with E-state index in [0.717, 1.165) is 25.0 Å². The molecule has 2 aromatic heterocycles. The molecule has 1 aliphatic carbocycles. The van der Waals surface area contributed by atoms with E-state index in [4.69, 9.17) is 5.41 Å². The van der Waals surface area contributed by atoms with Crippen molar-refractivity contribution in [2.75, 3.05) is 32.5 Å². The number of carbonyl (C=O) groups excluding carboxylic acids is 1. The number of anilines is 1. The summed E-state index contributed by atoms with van der Waals surface area (Å²) >= 11 is 0. The Bertz CT molecular complexity index is 862. The fourth-order valence-electron chi connectivity index (χ4n) is 2.63. The first-order valence-corrected chi connectivity index (χ1v) is 8.28. The summed E-state index contributed by atoms with van der Waals surface area (Å²) in [6, 6.07) is 5.75. The van der Waals surface area contributed by atoms with Crippen molar-refractivity contribution < 1.29 is 4.79 Å². The standard InChI is InChI=1S/C18H22N6O/c1-23(2)10-5-9-20-18-17(15-6-3-4-11-24(15)22-18)21-14-8-7-13(19)12-16(14)25/h3-4,6-8,11,19H,5,9-10,12H2,1-2H3,(H,20,22). The molecule has 0 aromatic carbocycles. The molecule has 1 aliphatic rings. The predicted octanol–water partition coefficient (Wildman–Crippen LogP) is 2.32. The highest BCUT2D eigenvalue weighted by Gasteiger charge is 2.18. The Kier molecular flexibility index (Phi) is 5.04. The molecule has 0 amide bonds. The van der Waals surface area contributed by atoms with Gasteiger partial charge in [-0.2, -0.15) is 0 Å². The number of nitrogens with zero attached hydrogens (tertiary/aromatic N) is 4. The van der Waals surface area contributed by atoms with Gasteiger partial charge in [0.1, 0.15) is 11.4 Å². The minimum absolute atomic E-state index is 0.0974. The van der Waals surface area contributed by atoms with Gasteiger partial charge in [-0.3, -0.25) is 4.79 Å². The molecule has 25 heavy (non-hydrogen) atoms. The molecular formula is C18H22N6O. The van der Waals surface area contributed by atoms with E-state index >= 15 is 0 Å². The van der Waals surface area contributed by atoms with Crippen LogP contribution < -0.4 is 5.32 Å². The summed E-state index contributed by atoms with van der Waals surface area (Å²) in [6.45, 7) is 1.75. The third-order valence-electron chi connectivity index (χ3n) is 3.90. The minimum atomic E-state index is -0.138. The molecule has 0 atom stereocenters. The average Bonchev–Trinajstić information content (AvgIpc) is 2.92. The van der Waals surface area contributed by atoms with Gasteiger partial charge in [0.25, 0.3) is 0 Å². The summed E-state index contributed by atoms with van der Waals surface area (Å²) in [6.07, 6.45) is 6.16. The fraction of sp³-hybridized carbons (Fsp3) is 0.333. The van der Waals surface area contributed by atoms with Gasteiger partial charge < -0.3 is 15.6 Å². The van der Waals surface area contributed by atoms with E-state index in [-0.39, 0.29) is 12.2 Å². The second kappa shape index (κ2) is 7.40. The molecule has 0 radical (unpaired) electrons. The second-order valence-corrected chi connectivity index (χ2v) is 6.27. The van der Waals surface area contributed by atoms with Crippen molar-refractivity contribution in [2.45, 2.75) is 12.8 Å². The summed E-state index contributed by atoms with van der Waals surface area (Å²) in [5, 5.41) is 15.5. The van der Waals surface area contributed by atoms with Crippen LogP contribution in [0.5, 0.6) is 0 Å². The molecule has 0 aliphatic heterocycles. The number of allylic oxidation sites excluding steroid dienone is 2. The largest absolute Gasteiger partial charge is 0.367 e. The van der Waals surface area contributed by atoms with Gasteiger partial charge in [-0.05, 0) is 51.3 Å². The quantitative estimate of drug-likeness (QED) is 0.792. The molecule has 2 N–H and O–H groups in total. The molecule has 2 aromatic rings. The third-order valence-corrected chi connectivity index (χ3v) is 3.90. The Balaban J connectivity index is 1.92. The van der Waals surface area contributed by atoms with Gasteiger partial charge in [0.05, 0.1) is 11.9 Å². The maximum absolute atomic E-state index is 12.1. The number of Topliss-reactive ketones (excluding diaryl/α,β-unsaturated/α-hetero) is 1. The minimum Gasteiger partial charge on any atom is -0.367 e. The highest BCUT2D eigenvalue weighted by atomic mass is 16.1. The van der Waals surface area contributed by atoms with Gasteiger partial charge in [0.15, 0.2) is 11.6 Å². The lowest BCUT2D eigenvalue weighted by atomic mass is 10.0. The first-order chi connectivity index (χ1) is 12.0. The monoisotopic (exact) mass is 338 g/mol. The van der Waals surface area contributed by atoms with E-state index in [1.165, 1.54) is 0 Å². The Labute approximate surface area is 146 Å². The third kappa shape index (κ3) is 4.00. The van der Waals surface area contributed by atoms with Crippen LogP contribution in [-0.4, -0.2) is 58.9 Å². The number of rotatable bonds is 6. The van der Waals surface area contributed by atoms with Gasteiger partial charge >= 0.3 is 0 Å². The van der Waals surface area contributed by atoms with E-state index < -0.39 is 0 Å². The molecule has 0 fully saturated rings. The average molecular weight is 338 g/mol. The summed E-state index contributed by atoms with van der Waals surface area (Å²) in [5.74, 6) is 0.528. The van der Waals surface area contributed by atoms with E-state index in [0.29, 0.717) is 22.9 Å². The fourth-order valence-corrected chi connectivity index (χ4v) is 2.63. The zero-order valence-electron chi connectivity index (χ0n) is 14.5. The number of ketones is 1. The normalized spacial score (nSPS) is 16.4. The summed E-state index contributed by atoms with van der Waals surface area (Å²) < 4.78 is 1.76. The maximum Gasteiger partial charge on any atom is 0.187 e. The smallest absolute Gasteiger partial charge is 0.187 e. The number of fused-ring (bicyclic) bond motifs is 1. The SMILES string of the molecule is CN(C)CCCNc1nn2ccccc2c1N=C1C=CC(=N)CC1=O. The Hall–Kier alpha value is -2.80. The topological polar surface area (TPSA) is 85.8 Å². The van der Waals surface area contributed by atoms with E-state index in [1.807, 2.05) is 38.5 Å². The molecule has 7 nitrogen and oxygen atoms in total. The van der Waals surface area contributed by atoms with Crippen LogP contribution in [0.4, 0.5) is 11.5 Å². The maximum atomic E-state index is 12.1. The van der Waals surface area contributed by atoms with Gasteiger partial charge in [0, 0.05) is 18.5 Å². The number of aliphatic imine (C=N–C) groups is 1. The van der Waals surface area contributed by atoms with Gasteiger partial charge in [-0.1, -0.05) is 6.07 Å². The number of pyridine rings is 1. The van der Waals surface area contributed by atoms with Gasteiger partial charge in [0.2, 0.25) is 0 Å². The van der Waals surface area contributed by atoms with Crippen LogP contribution in [-0.2, 0) is 4.79 Å². The van der Waals surface area contributed by atoms with Crippen LogP contribution >= 0.6 is 0 Å². The second-order valence-electron chi connectivity index (χ2n) is 6.27. The molecule has 3 rings (SSSR count). The lowest BCUT2D eigenvalue weighted by molar-refractivity contribution is -0.111. The molecule has 0 unspecified atom stereocenters. The zero-order chi connectivity index (χ0) is 17.8. The molecule has 130 valence electrons. The summed E-state index contributed by atoms with van der Waals surface area (Å²) in [7, 11) is 4.09. The summed E-state index contributed by atoms with van der Waals surface area (Å²) in [5.41, 5.74) is 2.18. The van der Waals surface area contributed by atoms with E-state index in [1.54, 1.807) is 16.7 Å². The Morgan fingerprint density at radius 3 is 2.96 bits per heavy atom. The molecular weight excluding hydrogens is 316 g/mol. The predicted molar refractivity (Wildman–Crippen MR) is 100 cm³/mol. The molecule has 7 heteroatoms. The first kappa shape index (κ1) is 17.0. The van der Waals surface area contributed by atoms with Crippen molar-refractivity contribution in [1.29, 1.82) is 5.41 Å². The Morgan fingerprint density at radius 1 is 1.36 bits per heavy atom. The van der Waals surface area contributed by atoms with Crippen LogP contribution in [0.15, 0.2) is 41.5 Å². The molecule has 0 spiro atoms. The zero-order valence-corrected chi connectivity index (χ0v) is 14.5. The van der Waals surface area contributed by atoms with Gasteiger partial charge in [-0.15, -0.1) is 5.10 Å². The van der Waals surface area contributed by atoms with Crippen molar-refractivity contribution in [2.24, 2.45) is 4.99 Å². The summed E-state index contributed by atoms with van der Waals surface area (Å²) in [4.78, 5) is 18.8. The molecule has 0 saturated carbocycles. The molecule has 0 bridgehead atoms. The van der Waals surface area contributed by atoms with E-state index in [2.05, 4.69) is 20.3 Å². The number of carbonyl (C=O) groups is 1. The van der Waals surface area contributed by atoms with Crippen molar-refractivity contribution in [3.63, 3.8) is 0 Å². The lowest BCUT2D eigenvalue weighted by Gasteiger charge is -2.10. The van der Waals surface area contributed by atoms with Crippen LogP contribution in [0, 0.1) is 5.41 Å². The van der Waals surface area contributed by atoms with Gasteiger partial charge in [-0.25, -0.2) is 9.51 Å². The molecule has 2 heterocycles. The van der Waals surface area contributed by atoms with Crippen molar-refractivity contribution in [1.82, 2.24) is 14.5 Å². The van der Waals surface area contributed by atoms with Crippen LogP contribution in [0.1, 0.15) is 12.8 Å². The highest BCUT2D eigenvalue weighted by molar-refractivity contribution is 6.50. The molecule has 0 saturated heterocycles. The van der Waals surface area contributed by atoms with Crippen molar-refractivity contribution in [3.8, 4) is 0 Å². The number of hydrogen-bond donors (Lipinski definition) is 2. The van der Waals surface area contributed by atoms with Crippen molar-refractivity contribution >= 4 is 34.2 Å². The van der Waals surface area contributed by atoms with Crippen LogP contribution in [0.25, 0.3) is 5.52 Å². The van der Waals surface area contributed by atoms with Crippen LogP contribution in [0.3, 0.4) is 0 Å².